The first-order valence-corrected chi connectivity index (χ1v) is 9.32. The van der Waals surface area contributed by atoms with Crippen molar-refractivity contribution in [1.82, 2.24) is 4.90 Å². The Morgan fingerprint density at radius 3 is 2.50 bits per heavy atom. The summed E-state index contributed by atoms with van der Waals surface area (Å²) in [5.41, 5.74) is 1.61. The molecule has 0 spiro atoms. The van der Waals surface area contributed by atoms with E-state index in [0.29, 0.717) is 10.7 Å². The Bertz CT molecular complexity index is 908. The third-order valence-corrected chi connectivity index (χ3v) is 5.28. The second kappa shape index (κ2) is 7.88. The Morgan fingerprint density at radius 1 is 1.15 bits per heavy atom. The Balaban J connectivity index is 1.76. The van der Waals surface area contributed by atoms with Crippen LogP contribution in [0.15, 0.2) is 57.9 Å². The minimum atomic E-state index is -0.397. The molecule has 0 atom stereocenters. The molecule has 2 aromatic carbocycles. The zero-order valence-corrected chi connectivity index (χ0v) is 16.2. The number of hydrogen-bond donors (Lipinski definition) is 0. The Morgan fingerprint density at radius 2 is 1.85 bits per heavy atom. The van der Waals surface area contributed by atoms with E-state index in [1.54, 1.807) is 30.3 Å². The van der Waals surface area contributed by atoms with Crippen molar-refractivity contribution in [2.75, 3.05) is 0 Å². The molecule has 3 rings (SSSR count). The van der Waals surface area contributed by atoms with Crippen LogP contribution >= 0.6 is 27.7 Å². The van der Waals surface area contributed by atoms with Gasteiger partial charge in [-0.2, -0.15) is 0 Å². The molecule has 26 heavy (non-hydrogen) atoms. The lowest BCUT2D eigenvalue weighted by Gasteiger charge is -2.13. The molecule has 1 saturated heterocycles. The van der Waals surface area contributed by atoms with Gasteiger partial charge in [-0.1, -0.05) is 46.3 Å². The molecule has 2 amide bonds. The number of ether oxygens (including phenoxy) is 1. The summed E-state index contributed by atoms with van der Waals surface area (Å²) in [5, 5.41) is -0.298. The molecule has 7 heteroatoms. The fourth-order valence-electron chi connectivity index (χ4n) is 2.38. The highest BCUT2D eigenvalue weighted by Crippen LogP contribution is 2.34. The normalized spacial score (nSPS) is 15.6. The number of benzene rings is 2. The summed E-state index contributed by atoms with van der Waals surface area (Å²) in [6, 6.07) is 14.2. The fraction of sp³-hybridized carbons (Fsp3) is 0.105. The number of halogens is 1. The van der Waals surface area contributed by atoms with Crippen LogP contribution < -0.4 is 4.74 Å². The van der Waals surface area contributed by atoms with E-state index in [2.05, 4.69) is 15.9 Å². The molecule has 132 valence electrons. The van der Waals surface area contributed by atoms with Crippen molar-refractivity contribution in [3.8, 4) is 5.75 Å². The van der Waals surface area contributed by atoms with Crippen molar-refractivity contribution in [1.29, 1.82) is 0 Å². The first kappa shape index (κ1) is 18.4. The molecule has 0 unspecified atom stereocenters. The minimum absolute atomic E-state index is 0.217. The van der Waals surface area contributed by atoms with Gasteiger partial charge in [0.05, 0.1) is 11.4 Å². The average molecular weight is 432 g/mol. The van der Waals surface area contributed by atoms with Crippen LogP contribution in [0, 0.1) is 0 Å². The number of imide groups is 1. The summed E-state index contributed by atoms with van der Waals surface area (Å²) < 4.78 is 5.82. The van der Waals surface area contributed by atoms with Crippen molar-refractivity contribution >= 4 is 50.9 Å². The number of carbonyl (C=O) groups excluding carboxylic acids is 3. The van der Waals surface area contributed by atoms with E-state index in [9.17, 15) is 14.4 Å². The van der Waals surface area contributed by atoms with Gasteiger partial charge in [0.15, 0.2) is 0 Å². The lowest BCUT2D eigenvalue weighted by molar-refractivity contribution is -0.131. The average Bonchev–Trinajstić information content (AvgIpc) is 2.85. The van der Waals surface area contributed by atoms with Crippen LogP contribution in [0.1, 0.15) is 18.1 Å². The van der Waals surface area contributed by atoms with E-state index in [-0.39, 0.29) is 17.7 Å². The van der Waals surface area contributed by atoms with Crippen molar-refractivity contribution < 1.29 is 19.1 Å². The van der Waals surface area contributed by atoms with Crippen LogP contribution in [0.4, 0.5) is 4.79 Å². The summed E-state index contributed by atoms with van der Waals surface area (Å²) in [4.78, 5) is 37.3. The topological polar surface area (TPSA) is 63.7 Å². The van der Waals surface area contributed by atoms with Crippen molar-refractivity contribution in [2.24, 2.45) is 0 Å². The fourth-order valence-corrected chi connectivity index (χ4v) is 3.63. The summed E-state index contributed by atoms with van der Waals surface area (Å²) in [7, 11) is 0. The maximum absolute atomic E-state index is 12.6. The smallest absolute Gasteiger partial charge is 0.308 e. The van der Waals surface area contributed by atoms with Crippen molar-refractivity contribution in [2.45, 2.75) is 13.5 Å². The Hall–Kier alpha value is -2.38. The number of rotatable bonds is 4. The summed E-state index contributed by atoms with van der Waals surface area (Å²) in [6.07, 6.45) is 1.66. The maximum Gasteiger partial charge on any atom is 0.308 e. The summed E-state index contributed by atoms with van der Waals surface area (Å²) in [6.45, 7) is 1.55. The molecule has 0 saturated carbocycles. The van der Waals surface area contributed by atoms with Gasteiger partial charge < -0.3 is 4.74 Å². The van der Waals surface area contributed by atoms with Gasteiger partial charge in [-0.05, 0) is 47.2 Å². The monoisotopic (exact) mass is 431 g/mol. The predicted molar refractivity (Wildman–Crippen MR) is 103 cm³/mol. The van der Waals surface area contributed by atoms with Crippen LogP contribution in [-0.4, -0.2) is 22.0 Å². The first-order chi connectivity index (χ1) is 12.4. The van der Waals surface area contributed by atoms with Gasteiger partial charge in [0, 0.05) is 11.4 Å². The number of carbonyl (C=O) groups is 3. The highest BCUT2D eigenvalue weighted by molar-refractivity contribution is 9.10. The molecule has 0 radical (unpaired) electrons. The molecule has 2 aromatic rings. The minimum Gasteiger partial charge on any atom is -0.427 e. The van der Waals surface area contributed by atoms with E-state index in [4.69, 9.17) is 4.74 Å². The van der Waals surface area contributed by atoms with Gasteiger partial charge in [0.2, 0.25) is 0 Å². The van der Waals surface area contributed by atoms with Gasteiger partial charge in [-0.3, -0.25) is 19.3 Å². The third-order valence-electron chi connectivity index (χ3n) is 3.60. The molecular weight excluding hydrogens is 418 g/mol. The van der Waals surface area contributed by atoms with E-state index >= 15 is 0 Å². The molecule has 0 bridgehead atoms. The van der Waals surface area contributed by atoms with Gasteiger partial charge in [0.1, 0.15) is 5.75 Å². The van der Waals surface area contributed by atoms with Gasteiger partial charge in [-0.25, -0.2) is 0 Å². The number of thioether (sulfide) groups is 1. The van der Waals surface area contributed by atoms with Crippen molar-refractivity contribution in [3.63, 3.8) is 0 Å². The molecule has 0 aromatic heterocycles. The van der Waals surface area contributed by atoms with Crippen LogP contribution in [-0.2, 0) is 16.1 Å². The quantitative estimate of drug-likeness (QED) is 0.401. The highest BCUT2D eigenvalue weighted by atomic mass is 79.9. The van der Waals surface area contributed by atoms with Crippen LogP contribution in [0.3, 0.4) is 0 Å². The first-order valence-electron chi connectivity index (χ1n) is 7.71. The SMILES string of the molecule is CC(=O)Oc1ccc(/C=C2/SC(=O)N(Cc3ccccc3Br)C2=O)cc1. The lowest BCUT2D eigenvalue weighted by Crippen LogP contribution is -2.27. The Labute approximate surface area is 163 Å². The second-order valence-electron chi connectivity index (χ2n) is 5.52. The molecule has 1 aliphatic heterocycles. The summed E-state index contributed by atoms with van der Waals surface area (Å²) >= 11 is 4.34. The zero-order chi connectivity index (χ0) is 18.7. The molecule has 1 aliphatic rings. The standard InChI is InChI=1S/C19H14BrNO4S/c1-12(22)25-15-8-6-13(7-9-15)10-17-18(23)21(19(24)26-17)11-14-4-2-3-5-16(14)20/h2-10H,11H2,1H3/b17-10+. The van der Waals surface area contributed by atoms with E-state index in [0.717, 1.165) is 27.4 Å². The van der Waals surface area contributed by atoms with Crippen molar-refractivity contribution in [3.05, 3.63) is 69.0 Å². The number of hydrogen-bond acceptors (Lipinski definition) is 5. The molecule has 5 nitrogen and oxygen atoms in total. The molecule has 1 heterocycles. The maximum atomic E-state index is 12.6. The molecule has 1 fully saturated rings. The number of nitrogens with zero attached hydrogens (tertiary/aromatic N) is 1. The van der Waals surface area contributed by atoms with E-state index in [1.807, 2.05) is 24.3 Å². The van der Waals surface area contributed by atoms with E-state index in [1.165, 1.54) is 11.8 Å². The number of amides is 2. The predicted octanol–water partition coefficient (Wildman–Crippen LogP) is 4.61. The third kappa shape index (κ3) is 4.23. The highest BCUT2D eigenvalue weighted by Gasteiger charge is 2.35. The molecule has 0 N–H and O–H groups in total. The van der Waals surface area contributed by atoms with Crippen LogP contribution in [0.5, 0.6) is 5.75 Å². The van der Waals surface area contributed by atoms with Gasteiger partial charge >= 0.3 is 5.97 Å². The number of esters is 1. The van der Waals surface area contributed by atoms with Gasteiger partial charge in [0.25, 0.3) is 11.1 Å². The van der Waals surface area contributed by atoms with E-state index < -0.39 is 5.97 Å². The molecular formula is C19H14BrNO4S. The lowest BCUT2D eigenvalue weighted by atomic mass is 10.2. The second-order valence-corrected chi connectivity index (χ2v) is 7.37. The largest absolute Gasteiger partial charge is 0.427 e. The zero-order valence-electron chi connectivity index (χ0n) is 13.8. The van der Waals surface area contributed by atoms with Crippen LogP contribution in [0.2, 0.25) is 0 Å². The van der Waals surface area contributed by atoms with Gasteiger partial charge in [-0.15, -0.1) is 0 Å². The molecule has 0 aliphatic carbocycles. The van der Waals surface area contributed by atoms with Crippen LogP contribution in [0.25, 0.3) is 6.08 Å². The summed E-state index contributed by atoms with van der Waals surface area (Å²) in [5.74, 6) is -0.289. The Kier molecular flexibility index (Phi) is 5.58.